The number of hydrogen-bond donors (Lipinski definition) is 3. The first kappa shape index (κ1) is 25.7. The van der Waals surface area contributed by atoms with Gasteiger partial charge in [-0.05, 0) is 55.8 Å². The fraction of sp³-hybridized carbons (Fsp3) is 0.393. The first-order valence-electron chi connectivity index (χ1n) is 12.9. The summed E-state index contributed by atoms with van der Waals surface area (Å²) < 4.78 is 12.5. The van der Waals surface area contributed by atoms with E-state index >= 15 is 0 Å². The van der Waals surface area contributed by atoms with Crippen molar-refractivity contribution in [3.05, 3.63) is 63.9 Å². The first-order valence-corrected chi connectivity index (χ1v) is 12.9. The summed E-state index contributed by atoms with van der Waals surface area (Å²) in [5.41, 5.74) is 2.68. The molecule has 2 aliphatic rings. The molecule has 0 aliphatic carbocycles. The van der Waals surface area contributed by atoms with Crippen LogP contribution in [-0.4, -0.2) is 67.7 Å². The van der Waals surface area contributed by atoms with Gasteiger partial charge in [0.15, 0.2) is 6.61 Å². The third-order valence-electron chi connectivity index (χ3n) is 7.29. The molecule has 10 heteroatoms. The minimum absolute atomic E-state index is 0.0591. The lowest BCUT2D eigenvalue weighted by atomic mass is 10.0. The number of anilines is 1. The number of hydrogen-bond acceptors (Lipinski definition) is 7. The molecule has 1 fully saturated rings. The normalized spacial score (nSPS) is 16.0. The van der Waals surface area contributed by atoms with Gasteiger partial charge in [0, 0.05) is 50.2 Å². The van der Waals surface area contributed by atoms with Gasteiger partial charge in [-0.15, -0.1) is 0 Å². The third-order valence-corrected chi connectivity index (χ3v) is 7.29. The number of fused-ring (bicyclic) bond motifs is 2. The predicted molar refractivity (Wildman–Crippen MR) is 145 cm³/mol. The molecule has 2 aromatic carbocycles. The Labute approximate surface area is 220 Å². The van der Waals surface area contributed by atoms with E-state index in [4.69, 9.17) is 9.47 Å². The zero-order valence-corrected chi connectivity index (χ0v) is 21.7. The standard InChI is InChI=1S/C28H33N5O5/c1-29-28(36)22-15-27(35)33(24-14-20(37-2)4-5-21(22)24)12-11-32-9-7-19(8-10-32)30-16-18-3-6-25-23(13-18)31-26(34)17-38-25/h3-6,13-15,19,30H,7-12,16-17H2,1-2H3,(H,29,36)(H,31,34). The largest absolute Gasteiger partial charge is 0.497 e. The zero-order valence-electron chi connectivity index (χ0n) is 21.7. The van der Waals surface area contributed by atoms with Gasteiger partial charge in [0.05, 0.1) is 23.9 Å². The second-order valence-corrected chi connectivity index (χ2v) is 9.67. The first-order chi connectivity index (χ1) is 18.4. The number of aromatic nitrogens is 1. The Kier molecular flexibility index (Phi) is 7.62. The summed E-state index contributed by atoms with van der Waals surface area (Å²) in [5.74, 6) is 0.926. The summed E-state index contributed by atoms with van der Waals surface area (Å²) in [7, 11) is 3.14. The van der Waals surface area contributed by atoms with Crippen molar-refractivity contribution in [2.75, 3.05) is 45.7 Å². The average molecular weight is 520 g/mol. The maximum atomic E-state index is 13.0. The summed E-state index contributed by atoms with van der Waals surface area (Å²) >= 11 is 0. The Balaban J connectivity index is 1.19. The molecule has 1 saturated heterocycles. The van der Waals surface area contributed by atoms with Gasteiger partial charge in [-0.25, -0.2) is 0 Å². The van der Waals surface area contributed by atoms with Crippen LogP contribution in [0.25, 0.3) is 10.9 Å². The second-order valence-electron chi connectivity index (χ2n) is 9.67. The summed E-state index contributed by atoms with van der Waals surface area (Å²) in [4.78, 5) is 39.3. The molecule has 38 heavy (non-hydrogen) atoms. The van der Waals surface area contributed by atoms with E-state index in [9.17, 15) is 14.4 Å². The maximum Gasteiger partial charge on any atom is 0.262 e. The van der Waals surface area contributed by atoms with Crippen LogP contribution in [0.3, 0.4) is 0 Å². The van der Waals surface area contributed by atoms with Crippen LogP contribution in [0.15, 0.2) is 47.3 Å². The van der Waals surface area contributed by atoms with E-state index in [0.717, 1.165) is 49.1 Å². The van der Waals surface area contributed by atoms with Crippen LogP contribution in [0.2, 0.25) is 0 Å². The summed E-state index contributed by atoms with van der Waals surface area (Å²) in [6.45, 7) is 3.90. The molecule has 0 radical (unpaired) electrons. The van der Waals surface area contributed by atoms with Gasteiger partial charge in [0.25, 0.3) is 17.4 Å². The second kappa shape index (κ2) is 11.2. The summed E-state index contributed by atoms with van der Waals surface area (Å²) in [5, 5.41) is 9.83. The predicted octanol–water partition coefficient (Wildman–Crippen LogP) is 1.95. The molecule has 0 atom stereocenters. The smallest absolute Gasteiger partial charge is 0.262 e. The SMILES string of the molecule is CNC(=O)c1cc(=O)n(CCN2CCC(NCc3ccc4c(c3)NC(=O)CO4)CC2)c2cc(OC)ccc12. The summed E-state index contributed by atoms with van der Waals surface area (Å²) in [6.07, 6.45) is 2.01. The van der Waals surface area contributed by atoms with Crippen molar-refractivity contribution in [1.29, 1.82) is 0 Å². The Morgan fingerprint density at radius 1 is 1.11 bits per heavy atom. The zero-order chi connectivity index (χ0) is 26.6. The van der Waals surface area contributed by atoms with Crippen LogP contribution < -0.4 is 31.0 Å². The van der Waals surface area contributed by atoms with Crippen LogP contribution in [0.1, 0.15) is 28.8 Å². The van der Waals surface area contributed by atoms with Crippen LogP contribution in [0.5, 0.6) is 11.5 Å². The molecule has 0 unspecified atom stereocenters. The van der Waals surface area contributed by atoms with Crippen molar-refractivity contribution >= 4 is 28.4 Å². The molecular formula is C28H33N5O5. The lowest BCUT2D eigenvalue weighted by Gasteiger charge is -2.32. The number of nitrogens with one attached hydrogen (secondary N) is 3. The molecule has 2 aliphatic heterocycles. The molecule has 3 N–H and O–H groups in total. The van der Waals surface area contributed by atoms with Crippen molar-refractivity contribution in [3.8, 4) is 11.5 Å². The van der Waals surface area contributed by atoms with Gasteiger partial charge in [-0.2, -0.15) is 0 Å². The highest BCUT2D eigenvalue weighted by molar-refractivity contribution is 6.06. The van der Waals surface area contributed by atoms with Crippen LogP contribution >= 0.6 is 0 Å². The number of carbonyl (C=O) groups excluding carboxylic acids is 2. The molecule has 2 amide bonds. The minimum atomic E-state index is -0.285. The van der Waals surface area contributed by atoms with Crippen molar-refractivity contribution < 1.29 is 19.1 Å². The number of nitrogens with zero attached hydrogens (tertiary/aromatic N) is 2. The molecule has 3 heterocycles. The highest BCUT2D eigenvalue weighted by atomic mass is 16.5. The van der Waals surface area contributed by atoms with Gasteiger partial charge in [0.1, 0.15) is 11.5 Å². The van der Waals surface area contributed by atoms with E-state index in [-0.39, 0.29) is 24.0 Å². The molecule has 1 aromatic heterocycles. The Hall–Kier alpha value is -3.89. The molecule has 0 bridgehead atoms. The summed E-state index contributed by atoms with van der Waals surface area (Å²) in [6, 6.07) is 13.1. The monoisotopic (exact) mass is 519 g/mol. The molecule has 5 rings (SSSR count). The maximum absolute atomic E-state index is 13.0. The van der Waals surface area contributed by atoms with Gasteiger partial charge < -0.3 is 34.9 Å². The number of likely N-dealkylation sites (tertiary alicyclic amines) is 1. The van der Waals surface area contributed by atoms with Gasteiger partial charge in [-0.3, -0.25) is 14.4 Å². The quantitative estimate of drug-likeness (QED) is 0.417. The highest BCUT2D eigenvalue weighted by Gasteiger charge is 2.21. The molecule has 10 nitrogen and oxygen atoms in total. The lowest BCUT2D eigenvalue weighted by molar-refractivity contribution is -0.118. The lowest BCUT2D eigenvalue weighted by Crippen LogP contribution is -2.43. The van der Waals surface area contributed by atoms with Crippen molar-refractivity contribution in [2.24, 2.45) is 0 Å². The number of amides is 2. The number of benzene rings is 2. The van der Waals surface area contributed by atoms with E-state index in [1.165, 1.54) is 6.07 Å². The number of pyridine rings is 1. The Morgan fingerprint density at radius 3 is 2.68 bits per heavy atom. The molecule has 0 spiro atoms. The molecule has 3 aromatic rings. The fourth-order valence-electron chi connectivity index (χ4n) is 5.15. The van der Waals surface area contributed by atoms with Gasteiger partial charge in [-0.1, -0.05) is 6.07 Å². The molecule has 0 saturated carbocycles. The number of rotatable bonds is 8. The third kappa shape index (κ3) is 5.51. The Morgan fingerprint density at radius 2 is 1.92 bits per heavy atom. The topological polar surface area (TPSA) is 114 Å². The van der Waals surface area contributed by atoms with E-state index in [1.807, 2.05) is 30.3 Å². The molecule has 200 valence electrons. The number of ether oxygens (including phenoxy) is 2. The number of piperidine rings is 1. The van der Waals surface area contributed by atoms with Crippen molar-refractivity contribution in [3.63, 3.8) is 0 Å². The number of carbonyl (C=O) groups is 2. The van der Waals surface area contributed by atoms with Crippen LogP contribution in [0.4, 0.5) is 5.69 Å². The van der Waals surface area contributed by atoms with Gasteiger partial charge >= 0.3 is 0 Å². The fourth-order valence-corrected chi connectivity index (χ4v) is 5.15. The highest BCUT2D eigenvalue weighted by Crippen LogP contribution is 2.28. The van der Waals surface area contributed by atoms with Crippen molar-refractivity contribution in [1.82, 2.24) is 20.1 Å². The van der Waals surface area contributed by atoms with E-state index < -0.39 is 0 Å². The Bertz CT molecular complexity index is 1410. The van der Waals surface area contributed by atoms with Gasteiger partial charge in [0.2, 0.25) is 0 Å². The van der Waals surface area contributed by atoms with Crippen molar-refractivity contribution in [2.45, 2.75) is 32.0 Å². The minimum Gasteiger partial charge on any atom is -0.497 e. The molecular weight excluding hydrogens is 486 g/mol. The van der Waals surface area contributed by atoms with E-state index in [2.05, 4.69) is 20.9 Å². The number of methoxy groups -OCH3 is 1. The average Bonchev–Trinajstić information content (AvgIpc) is 2.94. The van der Waals surface area contributed by atoms with Crippen LogP contribution in [0, 0.1) is 0 Å². The van der Waals surface area contributed by atoms with E-state index in [1.54, 1.807) is 24.8 Å². The van der Waals surface area contributed by atoms with Crippen LogP contribution in [-0.2, 0) is 17.9 Å². The van der Waals surface area contributed by atoms with E-state index in [0.29, 0.717) is 41.7 Å².